The largest absolute Gasteiger partial charge is 0.393 e. The molecule has 29 heavy (non-hydrogen) atoms. The molecule has 7 atom stereocenters. The van der Waals surface area contributed by atoms with E-state index in [1.54, 1.807) is 0 Å². The number of nitrogens with one attached hydrogen (secondary N) is 1. The number of fused-ring (bicyclic) bond motifs is 5. The predicted molar refractivity (Wildman–Crippen MR) is 118 cm³/mol. The molecule has 0 aromatic carbocycles. The van der Waals surface area contributed by atoms with E-state index in [9.17, 15) is 5.11 Å². The molecule has 4 aliphatic rings. The van der Waals surface area contributed by atoms with Crippen LogP contribution in [0.5, 0.6) is 0 Å². The summed E-state index contributed by atoms with van der Waals surface area (Å²) in [5.41, 5.74) is 3.92. The molecule has 2 N–H and O–H groups in total. The van der Waals surface area contributed by atoms with E-state index in [1.165, 1.54) is 36.8 Å². The van der Waals surface area contributed by atoms with Crippen LogP contribution in [0.15, 0.2) is 30.6 Å². The number of pyridine rings is 1. The molecule has 3 heteroatoms. The lowest BCUT2D eigenvalue weighted by molar-refractivity contribution is -0.153. The molecule has 0 amide bonds. The molecule has 0 spiro atoms. The normalized spacial score (nSPS) is 49.4. The minimum Gasteiger partial charge on any atom is -0.393 e. The fraction of sp³-hybridized carbons (Fsp3) is 0.731. The van der Waals surface area contributed by atoms with Crippen molar-refractivity contribution in [2.75, 3.05) is 6.54 Å². The van der Waals surface area contributed by atoms with Crippen molar-refractivity contribution in [3.8, 4) is 0 Å². The van der Waals surface area contributed by atoms with Crippen molar-refractivity contribution in [3.05, 3.63) is 36.2 Å². The molecule has 158 valence electrons. The second kappa shape index (κ2) is 6.40. The molecule has 1 aromatic heterocycles. The van der Waals surface area contributed by atoms with E-state index in [0.29, 0.717) is 17.4 Å². The van der Waals surface area contributed by atoms with Crippen LogP contribution in [-0.4, -0.2) is 28.8 Å². The van der Waals surface area contributed by atoms with Gasteiger partial charge < -0.3 is 10.4 Å². The van der Waals surface area contributed by atoms with Gasteiger partial charge in [-0.2, -0.15) is 0 Å². The molecule has 2 saturated carbocycles. The number of aromatic nitrogens is 1. The van der Waals surface area contributed by atoms with E-state index in [4.69, 9.17) is 0 Å². The summed E-state index contributed by atoms with van der Waals surface area (Å²) in [4.78, 5) is 4.43. The zero-order chi connectivity index (χ0) is 20.5. The fourth-order valence-corrected chi connectivity index (χ4v) is 8.37. The van der Waals surface area contributed by atoms with Gasteiger partial charge in [-0.25, -0.2) is 0 Å². The molecule has 1 saturated heterocycles. The van der Waals surface area contributed by atoms with Crippen LogP contribution in [0.25, 0.3) is 5.57 Å². The van der Waals surface area contributed by atoms with Crippen molar-refractivity contribution in [3.63, 3.8) is 0 Å². The molecule has 0 bridgehead atoms. The van der Waals surface area contributed by atoms with Crippen LogP contribution >= 0.6 is 0 Å². The van der Waals surface area contributed by atoms with E-state index in [1.807, 2.05) is 6.20 Å². The third-order valence-electron chi connectivity index (χ3n) is 10.6. The van der Waals surface area contributed by atoms with Crippen LogP contribution < -0.4 is 5.32 Å². The van der Waals surface area contributed by atoms with E-state index < -0.39 is 0 Å². The number of nitrogens with zero attached hydrogens (tertiary/aromatic N) is 1. The Morgan fingerprint density at radius 3 is 2.62 bits per heavy atom. The zero-order valence-corrected chi connectivity index (χ0v) is 18.7. The highest BCUT2D eigenvalue weighted by Gasteiger charge is 2.67. The van der Waals surface area contributed by atoms with Gasteiger partial charge in [0.25, 0.3) is 0 Å². The van der Waals surface area contributed by atoms with Gasteiger partial charge in [-0.05, 0) is 96.3 Å². The summed E-state index contributed by atoms with van der Waals surface area (Å²) in [5, 5.41) is 14.3. The number of aliphatic hydroxyl groups is 1. The average molecular weight is 395 g/mol. The Morgan fingerprint density at radius 1 is 1.03 bits per heavy atom. The highest BCUT2D eigenvalue weighted by atomic mass is 16.3. The SMILES string of the molecule is C[C@]12CC[C@H](O)C[C@@H]1NCC[C@@H]1[C@]2(C)CC[C@]2(C)C(c3cccnc3)=CC[C@@]12C. The van der Waals surface area contributed by atoms with E-state index in [2.05, 4.69) is 62.4 Å². The van der Waals surface area contributed by atoms with Gasteiger partial charge in [0.15, 0.2) is 0 Å². The average Bonchev–Trinajstić information content (AvgIpc) is 2.92. The summed E-state index contributed by atoms with van der Waals surface area (Å²) in [6.45, 7) is 11.4. The predicted octanol–water partition coefficient (Wildman–Crippen LogP) is 5.21. The third kappa shape index (κ3) is 2.47. The standard InChI is InChI=1S/C26H38N2O/c1-23-12-13-25(3)21(9-15-28-22-16-19(29)7-10-26(22,25)4)24(23,2)11-8-20(23)18-6-5-14-27-17-18/h5-6,8,14,17,19,21-22,28-29H,7,9-13,15-16H2,1-4H3/t19-,21-,22-,23+,24-,25-,26-/m0/s1. The topological polar surface area (TPSA) is 45.1 Å². The van der Waals surface area contributed by atoms with E-state index in [-0.39, 0.29) is 22.3 Å². The summed E-state index contributed by atoms with van der Waals surface area (Å²) >= 11 is 0. The summed E-state index contributed by atoms with van der Waals surface area (Å²) in [5.74, 6) is 0.692. The molecule has 5 rings (SSSR count). The first-order valence-electron chi connectivity index (χ1n) is 11.8. The Kier molecular flexibility index (Phi) is 4.36. The first kappa shape index (κ1) is 19.8. The fourth-order valence-electron chi connectivity index (χ4n) is 8.37. The van der Waals surface area contributed by atoms with Crippen molar-refractivity contribution in [1.29, 1.82) is 0 Å². The van der Waals surface area contributed by atoms with Crippen molar-refractivity contribution in [2.24, 2.45) is 27.6 Å². The first-order valence-corrected chi connectivity index (χ1v) is 11.8. The summed E-state index contributed by atoms with van der Waals surface area (Å²) in [6.07, 6.45) is 14.4. The highest BCUT2D eigenvalue weighted by molar-refractivity contribution is 5.73. The van der Waals surface area contributed by atoms with Gasteiger partial charge >= 0.3 is 0 Å². The maximum absolute atomic E-state index is 10.4. The van der Waals surface area contributed by atoms with E-state index >= 15 is 0 Å². The van der Waals surface area contributed by atoms with Gasteiger partial charge in [0.1, 0.15) is 0 Å². The van der Waals surface area contributed by atoms with Crippen LogP contribution in [0.1, 0.15) is 78.2 Å². The second-order valence-corrected chi connectivity index (χ2v) is 11.4. The maximum Gasteiger partial charge on any atom is 0.0555 e. The number of rotatable bonds is 1. The van der Waals surface area contributed by atoms with Gasteiger partial charge in [0.05, 0.1) is 6.10 Å². The Balaban J connectivity index is 1.56. The molecule has 3 fully saturated rings. The third-order valence-corrected chi connectivity index (χ3v) is 10.6. The smallest absolute Gasteiger partial charge is 0.0555 e. The molecular weight excluding hydrogens is 356 g/mol. The summed E-state index contributed by atoms with van der Waals surface area (Å²) < 4.78 is 0. The summed E-state index contributed by atoms with van der Waals surface area (Å²) in [6, 6.07) is 4.77. The monoisotopic (exact) mass is 394 g/mol. The quantitative estimate of drug-likeness (QED) is 0.687. The van der Waals surface area contributed by atoms with Gasteiger partial charge in [0.2, 0.25) is 0 Å². The molecule has 2 heterocycles. The van der Waals surface area contributed by atoms with Gasteiger partial charge in [-0.15, -0.1) is 0 Å². The Labute approximate surface area is 176 Å². The van der Waals surface area contributed by atoms with Crippen LogP contribution in [0, 0.1) is 27.6 Å². The molecule has 3 aliphatic carbocycles. The number of aliphatic hydroxyl groups excluding tert-OH is 1. The Morgan fingerprint density at radius 2 is 1.86 bits per heavy atom. The number of allylic oxidation sites excluding steroid dienone is 2. The van der Waals surface area contributed by atoms with Gasteiger partial charge in [-0.1, -0.05) is 39.8 Å². The lowest BCUT2D eigenvalue weighted by atomic mass is 9.39. The van der Waals surface area contributed by atoms with Crippen molar-refractivity contribution < 1.29 is 5.11 Å². The van der Waals surface area contributed by atoms with Crippen LogP contribution in [-0.2, 0) is 0 Å². The Bertz CT molecular complexity index is 821. The first-order chi connectivity index (χ1) is 13.7. The van der Waals surface area contributed by atoms with Crippen LogP contribution in [0.2, 0.25) is 0 Å². The zero-order valence-electron chi connectivity index (χ0n) is 18.7. The molecule has 0 radical (unpaired) electrons. The van der Waals surface area contributed by atoms with Gasteiger partial charge in [0, 0.05) is 18.4 Å². The molecule has 1 aromatic rings. The Hall–Kier alpha value is -1.19. The summed E-state index contributed by atoms with van der Waals surface area (Å²) in [7, 11) is 0. The molecular formula is C26H38N2O. The lowest BCUT2D eigenvalue weighted by Crippen LogP contribution is -2.61. The number of hydrogen-bond acceptors (Lipinski definition) is 3. The molecule has 0 unspecified atom stereocenters. The highest BCUT2D eigenvalue weighted by Crippen LogP contribution is 2.74. The van der Waals surface area contributed by atoms with Crippen LogP contribution in [0.4, 0.5) is 0 Å². The number of hydrogen-bond donors (Lipinski definition) is 2. The second-order valence-electron chi connectivity index (χ2n) is 11.4. The molecule has 3 nitrogen and oxygen atoms in total. The van der Waals surface area contributed by atoms with Crippen molar-refractivity contribution in [1.82, 2.24) is 10.3 Å². The van der Waals surface area contributed by atoms with E-state index in [0.717, 1.165) is 25.8 Å². The maximum atomic E-state index is 10.4. The van der Waals surface area contributed by atoms with Gasteiger partial charge in [-0.3, -0.25) is 4.98 Å². The lowest BCUT2D eigenvalue weighted by Gasteiger charge is -2.65. The molecule has 1 aliphatic heterocycles. The minimum absolute atomic E-state index is 0.129. The van der Waals surface area contributed by atoms with Crippen LogP contribution in [0.3, 0.4) is 0 Å². The van der Waals surface area contributed by atoms with Crippen molar-refractivity contribution in [2.45, 2.75) is 84.8 Å². The van der Waals surface area contributed by atoms with Crippen molar-refractivity contribution >= 4 is 5.57 Å². The minimum atomic E-state index is -0.129.